The Bertz CT molecular complexity index is 1000. The fraction of sp³-hybridized carbons (Fsp3) is 0.182. The standard InChI is InChI=1S/C22H22N4O/c27-13-5-11-25-12-10-22(24-25)20-9-4-8-19(14-20)21-15-23-26(17-21)16-18-6-2-1-3-7-18/h1-4,6-10,12,14-15,17,27H,5,11,13,16H2. The lowest BCUT2D eigenvalue weighted by atomic mass is 10.0. The van der Waals surface area contributed by atoms with E-state index in [4.69, 9.17) is 5.11 Å². The van der Waals surface area contributed by atoms with Gasteiger partial charge in [-0.05, 0) is 29.7 Å². The van der Waals surface area contributed by atoms with Crippen LogP contribution in [0.3, 0.4) is 0 Å². The highest BCUT2D eigenvalue weighted by Crippen LogP contribution is 2.25. The van der Waals surface area contributed by atoms with Crippen LogP contribution in [-0.2, 0) is 13.1 Å². The highest BCUT2D eigenvalue weighted by atomic mass is 16.3. The molecule has 0 aliphatic rings. The Morgan fingerprint density at radius 3 is 2.56 bits per heavy atom. The molecule has 1 N–H and O–H groups in total. The van der Waals surface area contributed by atoms with Gasteiger partial charge in [0, 0.05) is 36.7 Å². The van der Waals surface area contributed by atoms with Crippen molar-refractivity contribution in [3.05, 3.63) is 84.8 Å². The van der Waals surface area contributed by atoms with E-state index in [-0.39, 0.29) is 6.61 Å². The Morgan fingerprint density at radius 2 is 1.70 bits per heavy atom. The van der Waals surface area contributed by atoms with Crippen LogP contribution in [0, 0.1) is 0 Å². The molecule has 0 radical (unpaired) electrons. The van der Waals surface area contributed by atoms with Crippen LogP contribution < -0.4 is 0 Å². The third-order valence-electron chi connectivity index (χ3n) is 4.50. The second kappa shape index (κ2) is 8.01. The molecule has 0 bridgehead atoms. The first-order valence-corrected chi connectivity index (χ1v) is 9.13. The van der Waals surface area contributed by atoms with Gasteiger partial charge in [0.15, 0.2) is 0 Å². The first-order valence-electron chi connectivity index (χ1n) is 9.13. The summed E-state index contributed by atoms with van der Waals surface area (Å²) in [7, 11) is 0. The van der Waals surface area contributed by atoms with Crippen molar-refractivity contribution in [1.29, 1.82) is 0 Å². The zero-order valence-corrected chi connectivity index (χ0v) is 15.1. The first kappa shape index (κ1) is 17.2. The third kappa shape index (κ3) is 4.15. The topological polar surface area (TPSA) is 55.9 Å². The van der Waals surface area contributed by atoms with Gasteiger partial charge >= 0.3 is 0 Å². The molecule has 0 aliphatic carbocycles. The van der Waals surface area contributed by atoms with Crippen molar-refractivity contribution < 1.29 is 5.11 Å². The van der Waals surface area contributed by atoms with E-state index in [9.17, 15) is 0 Å². The molecule has 2 aromatic carbocycles. The van der Waals surface area contributed by atoms with E-state index in [1.54, 1.807) is 0 Å². The van der Waals surface area contributed by atoms with E-state index >= 15 is 0 Å². The van der Waals surface area contributed by atoms with Crippen molar-refractivity contribution in [2.24, 2.45) is 0 Å². The highest BCUT2D eigenvalue weighted by Gasteiger charge is 2.07. The number of hydrogen-bond acceptors (Lipinski definition) is 3. The van der Waals surface area contributed by atoms with Gasteiger partial charge in [-0.15, -0.1) is 0 Å². The first-order chi connectivity index (χ1) is 13.3. The molecule has 0 fully saturated rings. The zero-order chi connectivity index (χ0) is 18.5. The molecule has 0 atom stereocenters. The molecule has 5 heteroatoms. The van der Waals surface area contributed by atoms with E-state index in [2.05, 4.69) is 46.7 Å². The van der Waals surface area contributed by atoms with Gasteiger partial charge in [0.05, 0.1) is 18.4 Å². The Morgan fingerprint density at radius 1 is 0.852 bits per heavy atom. The summed E-state index contributed by atoms with van der Waals surface area (Å²) in [6, 6.07) is 20.7. The summed E-state index contributed by atoms with van der Waals surface area (Å²) in [5.41, 5.74) is 5.45. The Kier molecular flexibility index (Phi) is 5.12. The number of hydrogen-bond donors (Lipinski definition) is 1. The van der Waals surface area contributed by atoms with Crippen molar-refractivity contribution in [2.75, 3.05) is 6.61 Å². The van der Waals surface area contributed by atoms with Crippen LogP contribution in [0.1, 0.15) is 12.0 Å². The van der Waals surface area contributed by atoms with E-state index < -0.39 is 0 Å². The minimum atomic E-state index is 0.178. The molecule has 0 saturated heterocycles. The summed E-state index contributed by atoms with van der Waals surface area (Å²) in [5, 5.41) is 18.1. The molecule has 0 amide bonds. The molecule has 0 aliphatic heterocycles. The smallest absolute Gasteiger partial charge is 0.0923 e. The van der Waals surface area contributed by atoms with E-state index in [0.29, 0.717) is 6.42 Å². The summed E-state index contributed by atoms with van der Waals surface area (Å²) in [6.45, 7) is 1.66. The van der Waals surface area contributed by atoms with Crippen LogP contribution in [-0.4, -0.2) is 31.3 Å². The van der Waals surface area contributed by atoms with Crippen LogP contribution in [0.5, 0.6) is 0 Å². The molecular weight excluding hydrogens is 336 g/mol. The van der Waals surface area contributed by atoms with E-state index in [1.807, 2.05) is 52.1 Å². The predicted octanol–water partition coefficient (Wildman–Crippen LogP) is 3.84. The van der Waals surface area contributed by atoms with Gasteiger partial charge in [-0.25, -0.2) is 0 Å². The fourth-order valence-corrected chi connectivity index (χ4v) is 3.10. The van der Waals surface area contributed by atoms with Gasteiger partial charge in [0.25, 0.3) is 0 Å². The summed E-state index contributed by atoms with van der Waals surface area (Å²) >= 11 is 0. The Balaban J connectivity index is 1.53. The van der Waals surface area contributed by atoms with Crippen LogP contribution in [0.4, 0.5) is 0 Å². The lowest BCUT2D eigenvalue weighted by molar-refractivity contribution is 0.277. The maximum Gasteiger partial charge on any atom is 0.0923 e. The summed E-state index contributed by atoms with van der Waals surface area (Å²) in [5.74, 6) is 0. The molecule has 5 nitrogen and oxygen atoms in total. The van der Waals surface area contributed by atoms with Gasteiger partial charge in [0.2, 0.25) is 0 Å². The second-order valence-electron chi connectivity index (χ2n) is 6.53. The van der Waals surface area contributed by atoms with Gasteiger partial charge in [-0.1, -0.05) is 48.5 Å². The number of nitrogens with zero attached hydrogens (tertiary/aromatic N) is 4. The highest BCUT2D eigenvalue weighted by molar-refractivity contribution is 5.70. The summed E-state index contributed by atoms with van der Waals surface area (Å²) in [4.78, 5) is 0. The van der Waals surface area contributed by atoms with Crippen molar-refractivity contribution >= 4 is 0 Å². The largest absolute Gasteiger partial charge is 0.396 e. The van der Waals surface area contributed by atoms with E-state index in [0.717, 1.165) is 35.5 Å². The molecule has 136 valence electrons. The van der Waals surface area contributed by atoms with Crippen molar-refractivity contribution in [3.8, 4) is 22.4 Å². The SMILES string of the molecule is OCCCn1ccc(-c2cccc(-c3cnn(Cc4ccccc4)c3)c2)n1. The molecular formula is C22H22N4O. The number of rotatable bonds is 7. The number of aromatic nitrogens is 4. The maximum atomic E-state index is 8.96. The van der Waals surface area contributed by atoms with Gasteiger partial charge in [-0.3, -0.25) is 9.36 Å². The zero-order valence-electron chi connectivity index (χ0n) is 15.1. The molecule has 4 rings (SSSR count). The van der Waals surface area contributed by atoms with Crippen LogP contribution in [0.2, 0.25) is 0 Å². The average molecular weight is 358 g/mol. The summed E-state index contributed by atoms with van der Waals surface area (Å²) in [6.07, 6.45) is 6.64. The third-order valence-corrected chi connectivity index (χ3v) is 4.50. The molecule has 2 heterocycles. The number of aliphatic hydroxyl groups is 1. The van der Waals surface area contributed by atoms with Gasteiger partial charge in [-0.2, -0.15) is 10.2 Å². The second-order valence-corrected chi connectivity index (χ2v) is 6.53. The van der Waals surface area contributed by atoms with Crippen LogP contribution in [0.15, 0.2) is 79.3 Å². The van der Waals surface area contributed by atoms with Crippen molar-refractivity contribution in [1.82, 2.24) is 19.6 Å². The minimum absolute atomic E-state index is 0.178. The predicted molar refractivity (Wildman–Crippen MR) is 106 cm³/mol. The molecule has 0 spiro atoms. The lowest BCUT2D eigenvalue weighted by Crippen LogP contribution is -2.00. The van der Waals surface area contributed by atoms with Gasteiger partial charge in [0.1, 0.15) is 0 Å². The Hall–Kier alpha value is -3.18. The lowest BCUT2D eigenvalue weighted by Gasteiger charge is -2.03. The number of benzene rings is 2. The molecule has 4 aromatic rings. The van der Waals surface area contributed by atoms with Crippen LogP contribution in [0.25, 0.3) is 22.4 Å². The molecule has 0 unspecified atom stereocenters. The minimum Gasteiger partial charge on any atom is -0.396 e. The summed E-state index contributed by atoms with van der Waals surface area (Å²) < 4.78 is 3.83. The normalized spacial score (nSPS) is 11.0. The Labute approximate surface area is 158 Å². The van der Waals surface area contributed by atoms with Crippen molar-refractivity contribution in [3.63, 3.8) is 0 Å². The van der Waals surface area contributed by atoms with Crippen LogP contribution >= 0.6 is 0 Å². The van der Waals surface area contributed by atoms with E-state index in [1.165, 1.54) is 5.56 Å². The van der Waals surface area contributed by atoms with Crippen molar-refractivity contribution in [2.45, 2.75) is 19.5 Å². The number of aliphatic hydroxyl groups excluding tert-OH is 1. The molecule has 27 heavy (non-hydrogen) atoms. The monoisotopic (exact) mass is 358 g/mol. The molecule has 2 aromatic heterocycles. The maximum absolute atomic E-state index is 8.96. The molecule has 0 saturated carbocycles. The average Bonchev–Trinajstić information content (AvgIpc) is 3.37. The fourth-order valence-electron chi connectivity index (χ4n) is 3.10. The quantitative estimate of drug-likeness (QED) is 0.546. The number of aryl methyl sites for hydroxylation is 1. The van der Waals surface area contributed by atoms with Gasteiger partial charge < -0.3 is 5.11 Å².